The predicted octanol–water partition coefficient (Wildman–Crippen LogP) is 3.56. The summed E-state index contributed by atoms with van der Waals surface area (Å²) in [6, 6.07) is 14.5. The number of benzene rings is 2. The maximum absolute atomic E-state index is 11.6. The smallest absolute Gasteiger partial charge is 0.339 e. The van der Waals surface area contributed by atoms with Crippen LogP contribution in [0.15, 0.2) is 48.5 Å². The number of carboxylic acids is 1. The van der Waals surface area contributed by atoms with Crippen LogP contribution in [0, 0.1) is 0 Å². The normalized spacial score (nSPS) is 10.5. The SMILES string of the molecule is COc1ccc(CNc2nc3cc(OC)ccc3cc2C(=O)O)cc1. The fraction of sp³-hybridized carbons (Fsp3) is 0.158. The van der Waals surface area contributed by atoms with Crippen LogP contribution in [0.1, 0.15) is 15.9 Å². The van der Waals surface area contributed by atoms with Crippen molar-refractivity contribution in [2.75, 3.05) is 19.5 Å². The summed E-state index contributed by atoms with van der Waals surface area (Å²) in [7, 11) is 3.19. The third-order valence-electron chi connectivity index (χ3n) is 3.87. The molecule has 6 heteroatoms. The van der Waals surface area contributed by atoms with E-state index in [1.807, 2.05) is 24.3 Å². The van der Waals surface area contributed by atoms with E-state index in [1.165, 1.54) is 0 Å². The summed E-state index contributed by atoms with van der Waals surface area (Å²) in [4.78, 5) is 16.0. The third-order valence-corrected chi connectivity index (χ3v) is 3.87. The molecule has 0 saturated heterocycles. The summed E-state index contributed by atoms with van der Waals surface area (Å²) in [6.07, 6.45) is 0. The van der Waals surface area contributed by atoms with Gasteiger partial charge in [-0.25, -0.2) is 9.78 Å². The number of nitrogens with one attached hydrogen (secondary N) is 1. The zero-order chi connectivity index (χ0) is 17.8. The van der Waals surface area contributed by atoms with E-state index in [0.29, 0.717) is 23.6 Å². The average molecular weight is 338 g/mol. The number of aromatic nitrogens is 1. The van der Waals surface area contributed by atoms with Crippen LogP contribution in [0.25, 0.3) is 10.9 Å². The fourth-order valence-corrected chi connectivity index (χ4v) is 2.50. The number of carboxylic acid groups (broad SMARTS) is 1. The molecule has 0 atom stereocenters. The molecule has 25 heavy (non-hydrogen) atoms. The second kappa shape index (κ2) is 7.09. The number of rotatable bonds is 6. The van der Waals surface area contributed by atoms with Crippen molar-refractivity contribution < 1.29 is 19.4 Å². The van der Waals surface area contributed by atoms with Crippen molar-refractivity contribution in [1.82, 2.24) is 4.98 Å². The summed E-state index contributed by atoms with van der Waals surface area (Å²) in [5, 5.41) is 13.3. The molecule has 0 radical (unpaired) electrons. The van der Waals surface area contributed by atoms with Crippen LogP contribution in [0.4, 0.5) is 5.82 Å². The zero-order valence-electron chi connectivity index (χ0n) is 13.9. The quantitative estimate of drug-likeness (QED) is 0.715. The Morgan fingerprint density at radius 2 is 1.72 bits per heavy atom. The molecule has 0 unspecified atom stereocenters. The largest absolute Gasteiger partial charge is 0.497 e. The van der Waals surface area contributed by atoms with E-state index >= 15 is 0 Å². The Bertz CT molecular complexity index is 907. The number of nitrogens with zero attached hydrogens (tertiary/aromatic N) is 1. The van der Waals surface area contributed by atoms with E-state index in [0.717, 1.165) is 16.7 Å². The first kappa shape index (κ1) is 16.6. The molecule has 3 aromatic rings. The molecule has 0 aliphatic rings. The molecule has 0 spiro atoms. The van der Waals surface area contributed by atoms with Crippen molar-refractivity contribution in [2.24, 2.45) is 0 Å². The molecule has 0 aliphatic carbocycles. The molecule has 2 aromatic carbocycles. The first-order valence-corrected chi connectivity index (χ1v) is 7.69. The van der Waals surface area contributed by atoms with Crippen molar-refractivity contribution in [2.45, 2.75) is 6.54 Å². The molecular weight excluding hydrogens is 320 g/mol. The lowest BCUT2D eigenvalue weighted by Crippen LogP contribution is -2.08. The fourth-order valence-electron chi connectivity index (χ4n) is 2.50. The molecular formula is C19H18N2O4. The van der Waals surface area contributed by atoms with Gasteiger partial charge in [-0.1, -0.05) is 12.1 Å². The number of hydrogen-bond acceptors (Lipinski definition) is 5. The molecule has 0 fully saturated rings. The highest BCUT2D eigenvalue weighted by molar-refractivity contribution is 5.98. The van der Waals surface area contributed by atoms with Crippen LogP contribution < -0.4 is 14.8 Å². The highest BCUT2D eigenvalue weighted by Crippen LogP contribution is 2.25. The van der Waals surface area contributed by atoms with Gasteiger partial charge in [-0.15, -0.1) is 0 Å². The molecule has 0 amide bonds. The van der Waals surface area contributed by atoms with Crippen molar-refractivity contribution >= 4 is 22.7 Å². The number of hydrogen-bond donors (Lipinski definition) is 2. The first-order chi connectivity index (χ1) is 12.1. The van der Waals surface area contributed by atoms with Gasteiger partial charge < -0.3 is 19.9 Å². The molecule has 2 N–H and O–H groups in total. The van der Waals surface area contributed by atoms with E-state index < -0.39 is 5.97 Å². The van der Waals surface area contributed by atoms with Gasteiger partial charge in [0.25, 0.3) is 0 Å². The lowest BCUT2D eigenvalue weighted by molar-refractivity contribution is 0.0697. The highest BCUT2D eigenvalue weighted by Gasteiger charge is 2.14. The average Bonchev–Trinajstić information content (AvgIpc) is 2.65. The first-order valence-electron chi connectivity index (χ1n) is 7.69. The number of methoxy groups -OCH3 is 2. The maximum atomic E-state index is 11.6. The topological polar surface area (TPSA) is 80.7 Å². The maximum Gasteiger partial charge on any atom is 0.339 e. The zero-order valence-corrected chi connectivity index (χ0v) is 13.9. The lowest BCUT2D eigenvalue weighted by atomic mass is 10.1. The molecule has 3 rings (SSSR count). The molecule has 6 nitrogen and oxygen atoms in total. The minimum Gasteiger partial charge on any atom is -0.497 e. The minimum atomic E-state index is -1.03. The van der Waals surface area contributed by atoms with Crippen molar-refractivity contribution in [3.63, 3.8) is 0 Å². The van der Waals surface area contributed by atoms with Gasteiger partial charge in [0.15, 0.2) is 0 Å². The summed E-state index contributed by atoms with van der Waals surface area (Å²) < 4.78 is 10.3. The standard InChI is InChI=1S/C19H18N2O4/c1-24-14-6-3-12(4-7-14)11-20-18-16(19(22)23)9-13-5-8-15(25-2)10-17(13)21-18/h3-10H,11H2,1-2H3,(H,20,21)(H,22,23). The number of aromatic carboxylic acids is 1. The van der Waals surface area contributed by atoms with Crippen LogP contribution >= 0.6 is 0 Å². The molecule has 0 bridgehead atoms. The van der Waals surface area contributed by atoms with E-state index in [1.54, 1.807) is 38.5 Å². The molecule has 0 saturated carbocycles. The Morgan fingerprint density at radius 3 is 2.36 bits per heavy atom. The Labute approximate surface area is 145 Å². The van der Waals surface area contributed by atoms with Crippen molar-refractivity contribution in [3.8, 4) is 11.5 Å². The van der Waals surface area contributed by atoms with Crippen LogP contribution in [0.2, 0.25) is 0 Å². The number of pyridine rings is 1. The van der Waals surface area contributed by atoms with E-state index in [4.69, 9.17) is 9.47 Å². The van der Waals surface area contributed by atoms with E-state index in [9.17, 15) is 9.90 Å². The minimum absolute atomic E-state index is 0.131. The number of fused-ring (bicyclic) bond motifs is 1. The number of ether oxygens (including phenoxy) is 2. The van der Waals surface area contributed by atoms with E-state index in [2.05, 4.69) is 10.3 Å². The van der Waals surface area contributed by atoms with E-state index in [-0.39, 0.29) is 5.56 Å². The molecule has 0 aliphatic heterocycles. The van der Waals surface area contributed by atoms with Gasteiger partial charge in [-0.3, -0.25) is 0 Å². The highest BCUT2D eigenvalue weighted by atomic mass is 16.5. The Kier molecular flexibility index (Phi) is 4.70. The van der Waals surface area contributed by atoms with Gasteiger partial charge in [0.1, 0.15) is 22.9 Å². The summed E-state index contributed by atoms with van der Waals surface area (Å²) >= 11 is 0. The number of carbonyl (C=O) groups is 1. The second-order valence-electron chi connectivity index (χ2n) is 5.45. The Morgan fingerprint density at radius 1 is 1.04 bits per heavy atom. The predicted molar refractivity (Wildman–Crippen MR) is 95.6 cm³/mol. The van der Waals surface area contributed by atoms with Gasteiger partial charge in [0.2, 0.25) is 0 Å². The molecule has 1 aromatic heterocycles. The second-order valence-corrected chi connectivity index (χ2v) is 5.45. The van der Waals surface area contributed by atoms with Crippen LogP contribution in [0.3, 0.4) is 0 Å². The number of anilines is 1. The Balaban J connectivity index is 1.91. The summed E-state index contributed by atoms with van der Waals surface area (Å²) in [6.45, 7) is 0.451. The Hall–Kier alpha value is -3.28. The molecule has 1 heterocycles. The van der Waals surface area contributed by atoms with Crippen molar-refractivity contribution in [3.05, 3.63) is 59.7 Å². The van der Waals surface area contributed by atoms with Gasteiger partial charge in [0, 0.05) is 18.0 Å². The van der Waals surface area contributed by atoms with Gasteiger partial charge >= 0.3 is 5.97 Å². The van der Waals surface area contributed by atoms with Gasteiger partial charge in [-0.2, -0.15) is 0 Å². The van der Waals surface area contributed by atoms with Crippen LogP contribution in [0.5, 0.6) is 11.5 Å². The molecule has 128 valence electrons. The third kappa shape index (κ3) is 3.63. The van der Waals surface area contributed by atoms with Gasteiger partial charge in [-0.05, 0) is 35.9 Å². The lowest BCUT2D eigenvalue weighted by Gasteiger charge is -2.11. The van der Waals surface area contributed by atoms with Gasteiger partial charge in [0.05, 0.1) is 19.7 Å². The van der Waals surface area contributed by atoms with Crippen molar-refractivity contribution in [1.29, 1.82) is 0 Å². The summed E-state index contributed by atoms with van der Waals surface area (Å²) in [5.74, 6) is 0.738. The van der Waals surface area contributed by atoms with Crippen LogP contribution in [-0.2, 0) is 6.54 Å². The van der Waals surface area contributed by atoms with Crippen LogP contribution in [-0.4, -0.2) is 30.3 Å². The monoisotopic (exact) mass is 338 g/mol. The summed E-state index contributed by atoms with van der Waals surface area (Å²) in [5.41, 5.74) is 1.79.